The molecule has 4 aromatic rings. The van der Waals surface area contributed by atoms with Gasteiger partial charge in [0, 0.05) is 5.56 Å². The van der Waals surface area contributed by atoms with Crippen LogP contribution in [0.1, 0.15) is 17.3 Å². The first kappa shape index (κ1) is 18.2. The van der Waals surface area contributed by atoms with Crippen LogP contribution < -0.4 is 0 Å². The molecule has 0 bridgehead atoms. The van der Waals surface area contributed by atoms with Crippen LogP contribution in [0.2, 0.25) is 0 Å². The number of hydrogen-bond donors (Lipinski definition) is 0. The molecule has 0 saturated heterocycles. The van der Waals surface area contributed by atoms with E-state index >= 15 is 0 Å². The molecule has 0 amide bonds. The normalized spacial score (nSPS) is 11.8. The Hall–Kier alpha value is -3.22. The van der Waals surface area contributed by atoms with E-state index in [2.05, 4.69) is 30.4 Å². The molecule has 0 aliphatic carbocycles. The molecule has 13 heteroatoms. The molecule has 4 rings (SSSR count). The van der Waals surface area contributed by atoms with Gasteiger partial charge in [0.05, 0.1) is 11.3 Å². The highest BCUT2D eigenvalue weighted by Gasteiger charge is 2.30. The maximum Gasteiger partial charge on any atom is 0.416 e. The summed E-state index contributed by atoms with van der Waals surface area (Å²) < 4.78 is 50.5. The summed E-state index contributed by atoms with van der Waals surface area (Å²) in [5, 5.41) is 15.7. The number of hydrogen-bond acceptors (Lipinski definition) is 9. The minimum absolute atomic E-state index is 0.0686. The second-order valence-electron chi connectivity index (χ2n) is 5.43. The van der Waals surface area contributed by atoms with Gasteiger partial charge in [-0.05, 0) is 12.1 Å². The second-order valence-corrected chi connectivity index (χ2v) is 6.36. The Kier molecular flexibility index (Phi) is 4.81. The molecule has 1 aromatic carbocycles. The van der Waals surface area contributed by atoms with Gasteiger partial charge in [0.25, 0.3) is 5.22 Å². The van der Waals surface area contributed by atoms with E-state index in [4.69, 9.17) is 8.94 Å². The smallest absolute Gasteiger partial charge is 0.414 e. The molecule has 9 nitrogen and oxygen atoms in total. The Balaban J connectivity index is 1.40. The van der Waals surface area contributed by atoms with Crippen molar-refractivity contribution in [3.8, 4) is 11.4 Å². The Labute approximate surface area is 159 Å². The second kappa shape index (κ2) is 7.42. The van der Waals surface area contributed by atoms with E-state index in [9.17, 15) is 13.2 Å². The van der Waals surface area contributed by atoms with Gasteiger partial charge in [-0.15, -0.1) is 10.2 Å². The maximum atomic E-state index is 12.8. The lowest BCUT2D eigenvalue weighted by molar-refractivity contribution is -0.137. The minimum Gasteiger partial charge on any atom is -0.414 e. The zero-order chi connectivity index (χ0) is 19.6. The predicted molar refractivity (Wildman–Crippen MR) is 87.7 cm³/mol. The van der Waals surface area contributed by atoms with Crippen molar-refractivity contribution in [1.82, 2.24) is 35.1 Å². The SMILES string of the molecule is FC(F)(F)c1cccc(-c2noc(CSc3nnc(Cn4cncn4)o3)n2)c1. The topological polar surface area (TPSA) is 109 Å². The summed E-state index contributed by atoms with van der Waals surface area (Å²) in [5.41, 5.74) is -0.570. The predicted octanol–water partition coefficient (Wildman–Crippen LogP) is 3.07. The van der Waals surface area contributed by atoms with Crippen LogP contribution in [-0.2, 0) is 18.5 Å². The number of rotatable bonds is 6. The van der Waals surface area contributed by atoms with Crippen LogP contribution in [0.5, 0.6) is 0 Å². The fraction of sp³-hybridized carbons (Fsp3) is 0.200. The number of thioether (sulfide) groups is 1. The molecule has 0 aliphatic heterocycles. The Bertz CT molecular complexity index is 1060. The average molecular weight is 409 g/mol. The fourth-order valence-corrected chi connectivity index (χ4v) is 2.82. The lowest BCUT2D eigenvalue weighted by Crippen LogP contribution is -2.04. The van der Waals surface area contributed by atoms with Crippen LogP contribution in [0.15, 0.2) is 51.1 Å². The summed E-state index contributed by atoms with van der Waals surface area (Å²) in [4.78, 5) is 7.92. The zero-order valence-corrected chi connectivity index (χ0v) is 14.7. The molecule has 28 heavy (non-hydrogen) atoms. The van der Waals surface area contributed by atoms with Crippen molar-refractivity contribution < 1.29 is 22.1 Å². The summed E-state index contributed by atoms with van der Waals surface area (Å²) in [7, 11) is 0. The van der Waals surface area contributed by atoms with Crippen molar-refractivity contribution in [2.75, 3.05) is 0 Å². The molecule has 0 spiro atoms. The van der Waals surface area contributed by atoms with Crippen molar-refractivity contribution in [1.29, 1.82) is 0 Å². The molecule has 0 unspecified atom stereocenters. The van der Waals surface area contributed by atoms with Gasteiger partial charge in [0.15, 0.2) is 0 Å². The lowest BCUT2D eigenvalue weighted by atomic mass is 10.1. The minimum atomic E-state index is -4.44. The molecule has 0 radical (unpaired) electrons. The van der Waals surface area contributed by atoms with Gasteiger partial charge in [-0.2, -0.15) is 23.3 Å². The summed E-state index contributed by atoms with van der Waals surface area (Å²) in [6, 6.07) is 4.71. The summed E-state index contributed by atoms with van der Waals surface area (Å²) in [6.45, 7) is 0.286. The Morgan fingerprint density at radius 3 is 2.82 bits per heavy atom. The molecular weight excluding hydrogens is 399 g/mol. The summed E-state index contributed by atoms with van der Waals surface area (Å²) in [6.07, 6.45) is -1.53. The first-order valence-corrected chi connectivity index (χ1v) is 8.74. The third kappa shape index (κ3) is 4.19. The standard InChI is InChI=1S/C15H10F3N7O2S/c16-15(17,18)10-3-1-2-9(4-10)13-21-12(27-24-13)6-28-14-23-22-11(26-14)5-25-8-19-7-20-25/h1-4,7-8H,5-6H2. The van der Waals surface area contributed by atoms with Crippen LogP contribution in [0.4, 0.5) is 13.2 Å². The highest BCUT2D eigenvalue weighted by Crippen LogP contribution is 2.31. The number of alkyl halides is 3. The van der Waals surface area contributed by atoms with Crippen molar-refractivity contribution in [3.05, 3.63) is 54.3 Å². The van der Waals surface area contributed by atoms with Crippen LogP contribution in [0.25, 0.3) is 11.4 Å². The van der Waals surface area contributed by atoms with Crippen molar-refractivity contribution >= 4 is 11.8 Å². The molecule has 0 saturated carbocycles. The highest BCUT2D eigenvalue weighted by atomic mass is 32.2. The molecular formula is C15H10F3N7O2S. The summed E-state index contributed by atoms with van der Waals surface area (Å²) >= 11 is 1.16. The van der Waals surface area contributed by atoms with E-state index in [1.807, 2.05) is 0 Å². The monoisotopic (exact) mass is 409 g/mol. The van der Waals surface area contributed by atoms with Gasteiger partial charge in [-0.3, -0.25) is 0 Å². The lowest BCUT2D eigenvalue weighted by Gasteiger charge is -2.06. The van der Waals surface area contributed by atoms with Crippen LogP contribution in [0.3, 0.4) is 0 Å². The quantitative estimate of drug-likeness (QED) is 0.444. The van der Waals surface area contributed by atoms with E-state index in [1.165, 1.54) is 29.5 Å². The van der Waals surface area contributed by atoms with Gasteiger partial charge in [0.2, 0.25) is 17.6 Å². The highest BCUT2D eigenvalue weighted by molar-refractivity contribution is 7.98. The van der Waals surface area contributed by atoms with E-state index in [0.29, 0.717) is 5.89 Å². The number of aromatic nitrogens is 7. The molecule has 0 fully saturated rings. The molecule has 3 heterocycles. The molecule has 144 valence electrons. The maximum absolute atomic E-state index is 12.8. The number of nitrogens with zero attached hydrogens (tertiary/aromatic N) is 7. The third-order valence-corrected chi connectivity index (χ3v) is 4.25. The van der Waals surface area contributed by atoms with Crippen molar-refractivity contribution in [2.24, 2.45) is 0 Å². The van der Waals surface area contributed by atoms with E-state index < -0.39 is 11.7 Å². The molecule has 3 aromatic heterocycles. The van der Waals surface area contributed by atoms with Crippen LogP contribution in [0, 0.1) is 0 Å². The molecule has 0 atom stereocenters. The van der Waals surface area contributed by atoms with Gasteiger partial charge in [0.1, 0.15) is 19.2 Å². The zero-order valence-electron chi connectivity index (χ0n) is 13.9. The molecule has 0 aliphatic rings. The van der Waals surface area contributed by atoms with Crippen LogP contribution >= 0.6 is 11.8 Å². The van der Waals surface area contributed by atoms with Crippen LogP contribution in [-0.4, -0.2) is 35.1 Å². The average Bonchev–Trinajstić information content (AvgIpc) is 3.42. The number of halogens is 3. The largest absolute Gasteiger partial charge is 0.416 e. The van der Waals surface area contributed by atoms with E-state index in [-0.39, 0.29) is 34.8 Å². The fourth-order valence-electron chi connectivity index (χ4n) is 2.20. The third-order valence-electron chi connectivity index (χ3n) is 3.45. The van der Waals surface area contributed by atoms with Gasteiger partial charge in [-0.25, -0.2) is 9.67 Å². The van der Waals surface area contributed by atoms with Gasteiger partial charge in [-0.1, -0.05) is 29.1 Å². The van der Waals surface area contributed by atoms with E-state index in [1.54, 1.807) is 0 Å². The first-order chi connectivity index (χ1) is 13.5. The van der Waals surface area contributed by atoms with Gasteiger partial charge < -0.3 is 8.94 Å². The van der Waals surface area contributed by atoms with E-state index in [0.717, 1.165) is 23.9 Å². The molecule has 0 N–H and O–H groups in total. The Morgan fingerprint density at radius 2 is 2.04 bits per heavy atom. The summed E-state index contributed by atoms with van der Waals surface area (Å²) in [5.74, 6) is 0.854. The van der Waals surface area contributed by atoms with Crippen molar-refractivity contribution in [2.45, 2.75) is 23.7 Å². The first-order valence-electron chi connectivity index (χ1n) is 7.75. The van der Waals surface area contributed by atoms with Crippen molar-refractivity contribution in [3.63, 3.8) is 0 Å². The number of benzene rings is 1. The Morgan fingerprint density at radius 1 is 1.14 bits per heavy atom. The van der Waals surface area contributed by atoms with Gasteiger partial charge >= 0.3 is 6.18 Å².